The number of nitrogens with two attached hydrogens (primary N) is 1. The van der Waals surface area contributed by atoms with Gasteiger partial charge in [-0.25, -0.2) is 4.98 Å². The van der Waals surface area contributed by atoms with Crippen LogP contribution in [0.5, 0.6) is 0 Å². The van der Waals surface area contributed by atoms with Gasteiger partial charge in [-0.2, -0.15) is 0 Å². The highest BCUT2D eigenvalue weighted by atomic mass is 15.1. The minimum Gasteiger partial charge on any atom is -0.384 e. The minimum atomic E-state index is 0.279. The molecule has 0 aromatic carbocycles. The number of nitrogens with one attached hydrogen (secondary N) is 1. The van der Waals surface area contributed by atoms with Crippen molar-refractivity contribution in [3.63, 3.8) is 0 Å². The first kappa shape index (κ1) is 7.40. The maximum Gasteiger partial charge on any atom is 0.128 e. The van der Waals surface area contributed by atoms with E-state index in [9.17, 15) is 0 Å². The van der Waals surface area contributed by atoms with Gasteiger partial charge in [0.15, 0.2) is 0 Å². The topological polar surface area (TPSA) is 50.9 Å². The summed E-state index contributed by atoms with van der Waals surface area (Å²) in [5, 5.41) is 3.34. The standard InChI is InChI=1S/C9H13N3/c1-9(5-6-9)12-8-4-2-3-7(10)11-8/h2-4H,5-6H2,1H3,(H3,10,11,12). The minimum absolute atomic E-state index is 0.279. The first-order valence-corrected chi connectivity index (χ1v) is 4.19. The third-order valence-electron chi connectivity index (χ3n) is 2.20. The molecule has 64 valence electrons. The van der Waals surface area contributed by atoms with Gasteiger partial charge in [-0.15, -0.1) is 0 Å². The van der Waals surface area contributed by atoms with Crippen molar-refractivity contribution in [2.75, 3.05) is 11.1 Å². The molecule has 3 N–H and O–H groups in total. The van der Waals surface area contributed by atoms with Gasteiger partial charge in [0.25, 0.3) is 0 Å². The monoisotopic (exact) mass is 163 g/mol. The Morgan fingerprint density at radius 2 is 2.25 bits per heavy atom. The molecule has 2 rings (SSSR count). The molecule has 0 unspecified atom stereocenters. The van der Waals surface area contributed by atoms with E-state index in [1.54, 1.807) is 6.07 Å². The molecule has 0 bridgehead atoms. The lowest BCUT2D eigenvalue weighted by molar-refractivity contribution is 0.821. The number of aromatic nitrogens is 1. The fourth-order valence-electron chi connectivity index (χ4n) is 1.14. The van der Waals surface area contributed by atoms with Gasteiger partial charge in [-0.3, -0.25) is 0 Å². The van der Waals surface area contributed by atoms with Crippen LogP contribution >= 0.6 is 0 Å². The lowest BCUT2D eigenvalue weighted by Gasteiger charge is -2.11. The van der Waals surface area contributed by atoms with Crippen LogP contribution in [0.25, 0.3) is 0 Å². The van der Waals surface area contributed by atoms with E-state index < -0.39 is 0 Å². The number of pyridine rings is 1. The smallest absolute Gasteiger partial charge is 0.128 e. The molecule has 1 fully saturated rings. The number of hydrogen-bond acceptors (Lipinski definition) is 3. The van der Waals surface area contributed by atoms with Crippen LogP contribution in [-0.4, -0.2) is 10.5 Å². The Kier molecular flexibility index (Phi) is 1.46. The van der Waals surface area contributed by atoms with Gasteiger partial charge in [0, 0.05) is 5.54 Å². The summed E-state index contributed by atoms with van der Waals surface area (Å²) in [6.45, 7) is 2.19. The number of nitrogens with zero attached hydrogens (tertiary/aromatic N) is 1. The van der Waals surface area contributed by atoms with E-state index in [0.29, 0.717) is 5.82 Å². The second-order valence-electron chi connectivity index (χ2n) is 3.63. The molecule has 12 heavy (non-hydrogen) atoms. The molecule has 0 saturated heterocycles. The summed E-state index contributed by atoms with van der Waals surface area (Å²) in [4.78, 5) is 4.17. The molecular formula is C9H13N3. The zero-order valence-corrected chi connectivity index (χ0v) is 7.17. The fraction of sp³-hybridized carbons (Fsp3) is 0.444. The highest BCUT2D eigenvalue weighted by Crippen LogP contribution is 2.37. The van der Waals surface area contributed by atoms with Crippen molar-refractivity contribution in [2.45, 2.75) is 25.3 Å². The van der Waals surface area contributed by atoms with E-state index in [0.717, 1.165) is 5.82 Å². The van der Waals surface area contributed by atoms with E-state index in [1.165, 1.54) is 12.8 Å². The van der Waals surface area contributed by atoms with Crippen LogP contribution in [0.1, 0.15) is 19.8 Å². The lowest BCUT2D eigenvalue weighted by Crippen LogP contribution is -2.16. The zero-order chi connectivity index (χ0) is 8.60. The summed E-state index contributed by atoms with van der Waals surface area (Å²) in [5.74, 6) is 1.46. The van der Waals surface area contributed by atoms with Crippen molar-refractivity contribution in [2.24, 2.45) is 0 Å². The largest absolute Gasteiger partial charge is 0.384 e. The molecule has 1 aromatic rings. The highest BCUT2D eigenvalue weighted by molar-refractivity contribution is 5.45. The summed E-state index contributed by atoms with van der Waals surface area (Å²) >= 11 is 0. The molecular weight excluding hydrogens is 150 g/mol. The average Bonchev–Trinajstić information content (AvgIpc) is 2.67. The summed E-state index contributed by atoms with van der Waals surface area (Å²) in [6.07, 6.45) is 2.45. The Balaban J connectivity index is 2.12. The van der Waals surface area contributed by atoms with E-state index in [-0.39, 0.29) is 5.54 Å². The molecule has 0 amide bonds. The number of anilines is 2. The first-order chi connectivity index (χ1) is 5.68. The van der Waals surface area contributed by atoms with Crippen LogP contribution < -0.4 is 11.1 Å². The maximum absolute atomic E-state index is 5.55. The van der Waals surface area contributed by atoms with Crippen LogP contribution in [-0.2, 0) is 0 Å². The Morgan fingerprint density at radius 3 is 2.83 bits per heavy atom. The average molecular weight is 163 g/mol. The van der Waals surface area contributed by atoms with Gasteiger partial charge in [0.2, 0.25) is 0 Å². The second-order valence-corrected chi connectivity index (χ2v) is 3.63. The second kappa shape index (κ2) is 2.37. The number of nitrogen functional groups attached to an aromatic ring is 1. The Morgan fingerprint density at radius 1 is 1.50 bits per heavy atom. The van der Waals surface area contributed by atoms with E-state index in [4.69, 9.17) is 5.73 Å². The van der Waals surface area contributed by atoms with E-state index in [2.05, 4.69) is 17.2 Å². The Bertz CT molecular complexity index is 292. The lowest BCUT2D eigenvalue weighted by atomic mass is 10.3. The molecule has 0 atom stereocenters. The van der Waals surface area contributed by atoms with Crippen LogP contribution in [0.4, 0.5) is 11.6 Å². The fourth-order valence-corrected chi connectivity index (χ4v) is 1.14. The van der Waals surface area contributed by atoms with Crippen molar-refractivity contribution in [3.05, 3.63) is 18.2 Å². The van der Waals surface area contributed by atoms with Crippen molar-refractivity contribution in [1.29, 1.82) is 0 Å². The van der Waals surface area contributed by atoms with Crippen molar-refractivity contribution in [3.8, 4) is 0 Å². The molecule has 1 aliphatic rings. The predicted molar refractivity (Wildman–Crippen MR) is 49.9 cm³/mol. The predicted octanol–water partition coefficient (Wildman–Crippen LogP) is 1.63. The molecule has 1 aromatic heterocycles. The Labute approximate surface area is 72.0 Å². The van der Waals surface area contributed by atoms with E-state index >= 15 is 0 Å². The van der Waals surface area contributed by atoms with Gasteiger partial charge in [-0.05, 0) is 31.9 Å². The van der Waals surface area contributed by atoms with Gasteiger partial charge in [-0.1, -0.05) is 6.07 Å². The molecule has 0 spiro atoms. The number of rotatable bonds is 2. The zero-order valence-electron chi connectivity index (χ0n) is 7.17. The normalized spacial score (nSPS) is 18.8. The van der Waals surface area contributed by atoms with Gasteiger partial charge in [0.1, 0.15) is 11.6 Å². The molecule has 0 radical (unpaired) electrons. The number of hydrogen-bond donors (Lipinski definition) is 2. The maximum atomic E-state index is 5.55. The summed E-state index contributed by atoms with van der Waals surface area (Å²) in [7, 11) is 0. The quantitative estimate of drug-likeness (QED) is 0.696. The third kappa shape index (κ3) is 1.49. The van der Waals surface area contributed by atoms with Crippen LogP contribution in [0.2, 0.25) is 0 Å². The van der Waals surface area contributed by atoms with Crippen molar-refractivity contribution < 1.29 is 0 Å². The van der Waals surface area contributed by atoms with Crippen LogP contribution in [0.3, 0.4) is 0 Å². The Hall–Kier alpha value is -1.25. The third-order valence-corrected chi connectivity index (χ3v) is 2.20. The SMILES string of the molecule is CC1(Nc2cccc(N)n2)CC1. The highest BCUT2D eigenvalue weighted by Gasteiger charge is 2.37. The van der Waals surface area contributed by atoms with Crippen molar-refractivity contribution in [1.82, 2.24) is 4.98 Å². The summed E-state index contributed by atoms with van der Waals surface area (Å²) in [5.41, 5.74) is 5.83. The van der Waals surface area contributed by atoms with Gasteiger partial charge in [0.05, 0.1) is 0 Å². The van der Waals surface area contributed by atoms with Crippen LogP contribution in [0, 0.1) is 0 Å². The van der Waals surface area contributed by atoms with Crippen LogP contribution in [0.15, 0.2) is 18.2 Å². The molecule has 3 heteroatoms. The summed E-state index contributed by atoms with van der Waals surface area (Å²) < 4.78 is 0. The van der Waals surface area contributed by atoms with Gasteiger partial charge < -0.3 is 11.1 Å². The summed E-state index contributed by atoms with van der Waals surface area (Å²) in [6, 6.07) is 5.65. The molecule has 0 aliphatic heterocycles. The van der Waals surface area contributed by atoms with Gasteiger partial charge >= 0.3 is 0 Å². The molecule has 3 nitrogen and oxygen atoms in total. The molecule has 1 aliphatic carbocycles. The van der Waals surface area contributed by atoms with Crippen molar-refractivity contribution >= 4 is 11.6 Å². The molecule has 1 saturated carbocycles. The van der Waals surface area contributed by atoms with E-state index in [1.807, 2.05) is 12.1 Å². The molecule has 1 heterocycles. The first-order valence-electron chi connectivity index (χ1n) is 4.19.